The van der Waals surface area contributed by atoms with Crippen molar-refractivity contribution in [2.24, 2.45) is 0 Å². The van der Waals surface area contributed by atoms with E-state index in [2.05, 4.69) is 39.5 Å². The predicted molar refractivity (Wildman–Crippen MR) is 97.4 cm³/mol. The van der Waals surface area contributed by atoms with Crippen LogP contribution in [0.15, 0.2) is 30.5 Å². The van der Waals surface area contributed by atoms with Crippen molar-refractivity contribution in [3.05, 3.63) is 53.1 Å². The van der Waals surface area contributed by atoms with Crippen LogP contribution in [0.1, 0.15) is 48.5 Å². The lowest BCUT2D eigenvalue weighted by atomic mass is 10.1. The van der Waals surface area contributed by atoms with Crippen LogP contribution in [0.3, 0.4) is 0 Å². The van der Waals surface area contributed by atoms with Crippen molar-refractivity contribution >= 4 is 0 Å². The summed E-state index contributed by atoms with van der Waals surface area (Å²) in [6, 6.07) is 8.78. The smallest absolute Gasteiger partial charge is 0.145 e. The van der Waals surface area contributed by atoms with Gasteiger partial charge in [0.05, 0.1) is 12.6 Å². The molecule has 0 amide bonds. The predicted octanol–water partition coefficient (Wildman–Crippen LogP) is 2.86. The Morgan fingerprint density at radius 1 is 1.28 bits per heavy atom. The summed E-state index contributed by atoms with van der Waals surface area (Å²) < 4.78 is 5.52. The normalized spacial score (nSPS) is 20.4. The van der Waals surface area contributed by atoms with Gasteiger partial charge in [-0.2, -0.15) is 0 Å². The fraction of sp³-hybridized carbons (Fsp3) is 0.500. The third kappa shape index (κ3) is 3.83. The SMILES string of the molecule is CCOc1ccc(CN2CCc3nc([C@H]4CCCN4)ncc3C2)cc1. The lowest BCUT2D eigenvalue weighted by Gasteiger charge is -2.28. The standard InChI is InChI=1S/C20H26N4O/c1-2-25-17-7-5-15(6-8-17)13-24-11-9-18-16(14-24)12-22-20(23-18)19-4-3-10-21-19/h5-8,12,19,21H,2-4,9-11,13-14H2,1H3/t19-/m1/s1. The molecule has 0 unspecified atom stereocenters. The number of hydrogen-bond donors (Lipinski definition) is 1. The Hall–Kier alpha value is -1.98. The van der Waals surface area contributed by atoms with Crippen molar-refractivity contribution in [1.29, 1.82) is 0 Å². The van der Waals surface area contributed by atoms with E-state index >= 15 is 0 Å². The van der Waals surface area contributed by atoms with Crippen molar-refractivity contribution in [3.63, 3.8) is 0 Å². The molecule has 0 aliphatic carbocycles. The second kappa shape index (κ2) is 7.50. The Morgan fingerprint density at radius 3 is 2.92 bits per heavy atom. The van der Waals surface area contributed by atoms with Crippen LogP contribution in [0, 0.1) is 0 Å². The molecule has 2 aliphatic rings. The quantitative estimate of drug-likeness (QED) is 0.908. The van der Waals surface area contributed by atoms with Gasteiger partial charge in [0.1, 0.15) is 11.6 Å². The molecule has 5 nitrogen and oxygen atoms in total. The summed E-state index contributed by atoms with van der Waals surface area (Å²) in [6.07, 6.45) is 5.43. The summed E-state index contributed by atoms with van der Waals surface area (Å²) in [7, 11) is 0. The number of nitrogens with zero attached hydrogens (tertiary/aromatic N) is 3. The highest BCUT2D eigenvalue weighted by atomic mass is 16.5. The number of fused-ring (bicyclic) bond motifs is 1. The molecule has 132 valence electrons. The molecule has 1 N–H and O–H groups in total. The average molecular weight is 338 g/mol. The molecule has 25 heavy (non-hydrogen) atoms. The Kier molecular flexibility index (Phi) is 4.95. The molecule has 0 radical (unpaired) electrons. The number of aromatic nitrogens is 2. The average Bonchev–Trinajstić information content (AvgIpc) is 3.18. The van der Waals surface area contributed by atoms with E-state index in [4.69, 9.17) is 9.72 Å². The zero-order valence-electron chi connectivity index (χ0n) is 14.9. The van der Waals surface area contributed by atoms with Crippen molar-refractivity contribution in [2.75, 3.05) is 19.7 Å². The monoisotopic (exact) mass is 338 g/mol. The molecule has 1 fully saturated rings. The molecular weight excluding hydrogens is 312 g/mol. The molecule has 0 spiro atoms. The van der Waals surface area contributed by atoms with Gasteiger partial charge >= 0.3 is 0 Å². The van der Waals surface area contributed by atoms with Gasteiger partial charge in [0.2, 0.25) is 0 Å². The molecule has 0 bridgehead atoms. The van der Waals surface area contributed by atoms with E-state index in [0.717, 1.165) is 50.6 Å². The molecule has 5 heteroatoms. The fourth-order valence-electron chi connectivity index (χ4n) is 3.71. The highest BCUT2D eigenvalue weighted by Gasteiger charge is 2.23. The molecular formula is C20H26N4O. The van der Waals surface area contributed by atoms with E-state index in [0.29, 0.717) is 12.6 Å². The van der Waals surface area contributed by atoms with Gasteiger partial charge in [-0.1, -0.05) is 12.1 Å². The minimum atomic E-state index is 0.354. The maximum Gasteiger partial charge on any atom is 0.145 e. The van der Waals surface area contributed by atoms with Gasteiger partial charge in [-0.15, -0.1) is 0 Å². The minimum Gasteiger partial charge on any atom is -0.494 e. The second-order valence-electron chi connectivity index (χ2n) is 6.89. The van der Waals surface area contributed by atoms with Crippen molar-refractivity contribution < 1.29 is 4.74 Å². The first-order valence-electron chi connectivity index (χ1n) is 9.34. The summed E-state index contributed by atoms with van der Waals surface area (Å²) in [5.74, 6) is 1.92. The Balaban J connectivity index is 1.40. The summed E-state index contributed by atoms with van der Waals surface area (Å²) in [6.45, 7) is 6.74. The van der Waals surface area contributed by atoms with Crippen LogP contribution in [0.2, 0.25) is 0 Å². The maximum absolute atomic E-state index is 5.52. The van der Waals surface area contributed by atoms with Gasteiger partial charge in [-0.25, -0.2) is 9.97 Å². The first kappa shape index (κ1) is 16.5. The first-order valence-corrected chi connectivity index (χ1v) is 9.34. The van der Waals surface area contributed by atoms with Gasteiger partial charge in [0.25, 0.3) is 0 Å². The Labute approximate surface area is 149 Å². The van der Waals surface area contributed by atoms with E-state index in [9.17, 15) is 0 Å². The van der Waals surface area contributed by atoms with Gasteiger partial charge in [0, 0.05) is 43.5 Å². The Bertz CT molecular complexity index is 710. The lowest BCUT2D eigenvalue weighted by molar-refractivity contribution is 0.242. The minimum absolute atomic E-state index is 0.354. The molecule has 3 heterocycles. The number of benzene rings is 1. The summed E-state index contributed by atoms with van der Waals surface area (Å²) in [5, 5.41) is 3.49. The maximum atomic E-state index is 5.52. The number of nitrogens with one attached hydrogen (secondary N) is 1. The third-order valence-electron chi connectivity index (χ3n) is 5.04. The number of hydrogen-bond acceptors (Lipinski definition) is 5. The largest absolute Gasteiger partial charge is 0.494 e. The zero-order chi connectivity index (χ0) is 17.1. The van der Waals surface area contributed by atoms with Gasteiger partial charge in [-0.05, 0) is 44.0 Å². The van der Waals surface area contributed by atoms with E-state index in [1.165, 1.54) is 23.2 Å². The molecule has 1 saturated heterocycles. The molecule has 1 aromatic heterocycles. The van der Waals surface area contributed by atoms with Crippen LogP contribution in [-0.4, -0.2) is 34.6 Å². The first-order chi connectivity index (χ1) is 12.3. The van der Waals surface area contributed by atoms with Crippen LogP contribution in [-0.2, 0) is 19.5 Å². The molecule has 2 aromatic rings. The van der Waals surface area contributed by atoms with Gasteiger partial charge < -0.3 is 10.1 Å². The number of ether oxygens (including phenoxy) is 1. The molecule has 1 atom stereocenters. The lowest BCUT2D eigenvalue weighted by Crippen LogP contribution is -2.31. The zero-order valence-corrected chi connectivity index (χ0v) is 14.9. The summed E-state index contributed by atoms with van der Waals surface area (Å²) in [4.78, 5) is 11.9. The topological polar surface area (TPSA) is 50.3 Å². The van der Waals surface area contributed by atoms with E-state index in [1.54, 1.807) is 0 Å². The van der Waals surface area contributed by atoms with Crippen LogP contribution < -0.4 is 10.1 Å². The molecule has 4 rings (SSSR count). The summed E-state index contributed by atoms with van der Waals surface area (Å²) in [5.41, 5.74) is 3.83. The van der Waals surface area contributed by atoms with E-state index < -0.39 is 0 Å². The van der Waals surface area contributed by atoms with Crippen LogP contribution >= 0.6 is 0 Å². The van der Waals surface area contributed by atoms with Crippen LogP contribution in [0.25, 0.3) is 0 Å². The Morgan fingerprint density at radius 2 is 2.16 bits per heavy atom. The molecule has 2 aliphatic heterocycles. The van der Waals surface area contributed by atoms with E-state index in [-0.39, 0.29) is 0 Å². The summed E-state index contributed by atoms with van der Waals surface area (Å²) >= 11 is 0. The van der Waals surface area contributed by atoms with Crippen molar-refractivity contribution in [3.8, 4) is 5.75 Å². The third-order valence-corrected chi connectivity index (χ3v) is 5.04. The van der Waals surface area contributed by atoms with Crippen LogP contribution in [0.4, 0.5) is 0 Å². The molecule has 0 saturated carbocycles. The van der Waals surface area contributed by atoms with Gasteiger partial charge in [0.15, 0.2) is 0 Å². The molecule has 1 aromatic carbocycles. The highest BCUT2D eigenvalue weighted by Crippen LogP contribution is 2.24. The second-order valence-corrected chi connectivity index (χ2v) is 6.89. The highest BCUT2D eigenvalue weighted by molar-refractivity contribution is 5.28. The van der Waals surface area contributed by atoms with Crippen molar-refractivity contribution in [1.82, 2.24) is 20.2 Å². The van der Waals surface area contributed by atoms with Gasteiger partial charge in [-0.3, -0.25) is 4.90 Å². The number of rotatable bonds is 5. The van der Waals surface area contributed by atoms with E-state index in [1.807, 2.05) is 13.1 Å². The fourth-order valence-corrected chi connectivity index (χ4v) is 3.71. The van der Waals surface area contributed by atoms with Crippen LogP contribution in [0.5, 0.6) is 5.75 Å². The van der Waals surface area contributed by atoms with Crippen molar-refractivity contribution in [2.45, 2.75) is 45.3 Å².